The largest absolute Gasteiger partial charge is 0.481 e. The molecule has 0 aliphatic heterocycles. The summed E-state index contributed by atoms with van der Waals surface area (Å²) in [5.41, 5.74) is 5.66. The first kappa shape index (κ1) is 60.0. The Morgan fingerprint density at radius 2 is 0.544 bits per heavy atom. The van der Waals surface area contributed by atoms with E-state index in [2.05, 4.69) is 26.6 Å². The number of carbonyl (C=O) groups excluding carboxylic acids is 7. The molecule has 17 N–H and O–H groups in total. The molecular formula is C37H54N8O23. The van der Waals surface area contributed by atoms with E-state index in [0.717, 1.165) is 0 Å². The SMILES string of the molecule is N[C@@H](CCC(=O)O)C(=O)N[C@@H](CCC(=O)O)C(=O)N[C@@H](CCC(=O)O)C(=O)NCC(=O)N[C@@H](CCC(=O)O)C(=O)N[C@@H](CCC(=O)O)C(=O)N[C@@H](CCC(=O)O)C(=O)N[C@@H](CCC(=O)O)C(=O)O. The number of carboxylic acids is 8. The summed E-state index contributed by atoms with van der Waals surface area (Å²) >= 11 is 0. The standard InChI is InChI=1S/C37H54N8O23/c38-16(1-8-24(47)48)31(61)41-19(4-11-27(53)54)34(64)42-17(2-9-25(49)50)32(62)39-15-23(46)40-18(3-10-26(51)52)33(63)43-20(5-12-28(55)56)35(65)44-21(6-13-29(57)58)36(66)45-22(37(67)68)7-14-30(59)60/h16-22H,1-15,38H2,(H,39,62)(H,40,46)(H,41,61)(H,42,64)(H,43,63)(H,44,65)(H,45,66)(H,47,48)(H,49,50)(H,51,52)(H,53,54)(H,55,56)(H,57,58)(H,59,60)(H,67,68)/t16-,17-,18-,19-,20-,21-,22-/m0/s1. The van der Waals surface area contributed by atoms with Crippen LogP contribution in [0.15, 0.2) is 0 Å². The average molecular weight is 979 g/mol. The molecule has 0 saturated carbocycles. The highest BCUT2D eigenvalue weighted by Gasteiger charge is 2.34. The van der Waals surface area contributed by atoms with Gasteiger partial charge in [0.15, 0.2) is 0 Å². The summed E-state index contributed by atoms with van der Waals surface area (Å²) in [6.45, 7) is -1.08. The topological polar surface area (TPSA) is 528 Å². The van der Waals surface area contributed by atoms with Gasteiger partial charge in [-0.1, -0.05) is 0 Å². The van der Waals surface area contributed by atoms with Crippen molar-refractivity contribution in [2.45, 2.75) is 132 Å². The minimum absolute atomic E-state index is 0.395. The summed E-state index contributed by atoms with van der Waals surface area (Å²) in [6.07, 6.45) is -9.82. The van der Waals surface area contributed by atoms with Gasteiger partial charge in [-0.15, -0.1) is 0 Å². The van der Waals surface area contributed by atoms with Gasteiger partial charge in [-0.2, -0.15) is 0 Å². The molecule has 0 saturated heterocycles. The zero-order chi connectivity index (χ0) is 52.3. The van der Waals surface area contributed by atoms with Crippen molar-refractivity contribution < 1.29 is 113 Å². The third kappa shape index (κ3) is 26.7. The van der Waals surface area contributed by atoms with Crippen LogP contribution in [0.1, 0.15) is 89.9 Å². The third-order valence-electron chi connectivity index (χ3n) is 9.11. The van der Waals surface area contributed by atoms with E-state index in [1.807, 2.05) is 10.6 Å². The number of hydrogen-bond acceptors (Lipinski definition) is 16. The molecule has 0 heterocycles. The Balaban J connectivity index is 6.35. The fraction of sp³-hybridized carbons (Fsp3) is 0.595. The highest BCUT2D eigenvalue weighted by Crippen LogP contribution is 2.09. The summed E-state index contributed by atoms with van der Waals surface area (Å²) in [5, 5.41) is 87.7. The second-order valence-electron chi connectivity index (χ2n) is 14.6. The van der Waals surface area contributed by atoms with Gasteiger partial charge >= 0.3 is 47.8 Å². The maximum atomic E-state index is 13.5. The van der Waals surface area contributed by atoms with E-state index in [-0.39, 0.29) is 0 Å². The lowest BCUT2D eigenvalue weighted by Crippen LogP contribution is -2.58. The van der Waals surface area contributed by atoms with Crippen molar-refractivity contribution in [2.24, 2.45) is 5.73 Å². The highest BCUT2D eigenvalue weighted by atomic mass is 16.4. The Hall–Kier alpha value is -7.99. The van der Waals surface area contributed by atoms with Crippen LogP contribution < -0.4 is 43.0 Å². The molecule has 0 aliphatic carbocycles. The number of hydrogen-bond donors (Lipinski definition) is 16. The van der Waals surface area contributed by atoms with E-state index in [1.165, 1.54) is 0 Å². The number of nitrogens with one attached hydrogen (secondary N) is 7. The molecule has 0 aromatic carbocycles. The summed E-state index contributed by atoms with van der Waals surface area (Å²) in [6, 6.07) is -12.6. The van der Waals surface area contributed by atoms with Crippen LogP contribution in [-0.2, 0) is 71.9 Å². The van der Waals surface area contributed by atoms with Crippen LogP contribution in [0.3, 0.4) is 0 Å². The molecule has 7 amide bonds. The highest BCUT2D eigenvalue weighted by molar-refractivity contribution is 5.97. The normalized spacial score (nSPS) is 13.7. The van der Waals surface area contributed by atoms with Crippen molar-refractivity contribution in [2.75, 3.05) is 6.54 Å². The van der Waals surface area contributed by atoms with Gasteiger partial charge in [0.1, 0.15) is 36.3 Å². The number of carboxylic acid groups (broad SMARTS) is 8. The van der Waals surface area contributed by atoms with Crippen LogP contribution >= 0.6 is 0 Å². The molecule has 0 radical (unpaired) electrons. The molecule has 31 nitrogen and oxygen atoms in total. The van der Waals surface area contributed by atoms with Gasteiger partial charge in [-0.25, -0.2) is 4.79 Å². The first-order valence-electron chi connectivity index (χ1n) is 20.2. The average Bonchev–Trinajstić information content (AvgIpc) is 3.23. The molecule has 68 heavy (non-hydrogen) atoms. The smallest absolute Gasteiger partial charge is 0.326 e. The number of nitrogens with two attached hydrogens (primary N) is 1. The van der Waals surface area contributed by atoms with Crippen LogP contribution in [0.25, 0.3) is 0 Å². The van der Waals surface area contributed by atoms with Gasteiger partial charge in [0, 0.05) is 44.9 Å². The van der Waals surface area contributed by atoms with Crippen molar-refractivity contribution in [1.29, 1.82) is 0 Å². The van der Waals surface area contributed by atoms with Gasteiger partial charge in [-0.3, -0.25) is 67.1 Å². The maximum Gasteiger partial charge on any atom is 0.326 e. The summed E-state index contributed by atoms with van der Waals surface area (Å²) < 4.78 is 0. The molecule has 380 valence electrons. The molecule has 0 aromatic rings. The van der Waals surface area contributed by atoms with Crippen molar-refractivity contribution in [3.63, 3.8) is 0 Å². The first-order chi connectivity index (χ1) is 31.6. The molecule has 31 heteroatoms. The Labute approximate surface area is 383 Å². The number of amides is 7. The monoisotopic (exact) mass is 978 g/mol. The Bertz CT molecular complexity index is 1910. The molecule has 7 atom stereocenters. The molecule has 0 unspecified atom stereocenters. The second kappa shape index (κ2) is 31.0. The lowest BCUT2D eigenvalue weighted by molar-refractivity contribution is -0.144. The van der Waals surface area contributed by atoms with Crippen molar-refractivity contribution in [1.82, 2.24) is 37.2 Å². The van der Waals surface area contributed by atoms with E-state index in [1.54, 1.807) is 0 Å². The van der Waals surface area contributed by atoms with Gasteiger partial charge in [0.25, 0.3) is 0 Å². The summed E-state index contributed by atoms with van der Waals surface area (Å²) in [7, 11) is 0. The fourth-order valence-corrected chi connectivity index (χ4v) is 5.52. The molecule has 0 spiro atoms. The fourth-order valence-electron chi connectivity index (χ4n) is 5.52. The van der Waals surface area contributed by atoms with Gasteiger partial charge < -0.3 is 83.8 Å². The quantitative estimate of drug-likeness (QED) is 0.0278. The summed E-state index contributed by atoms with van der Waals surface area (Å²) in [4.78, 5) is 182. The van der Waals surface area contributed by atoms with Crippen molar-refractivity contribution in [3.05, 3.63) is 0 Å². The zero-order valence-electron chi connectivity index (χ0n) is 35.9. The molecule has 0 fully saturated rings. The van der Waals surface area contributed by atoms with E-state index in [9.17, 15) is 97.5 Å². The van der Waals surface area contributed by atoms with Crippen LogP contribution in [0.4, 0.5) is 0 Å². The number of rotatable bonds is 36. The number of carbonyl (C=O) groups is 15. The van der Waals surface area contributed by atoms with E-state index in [0.29, 0.717) is 0 Å². The molecule has 0 bridgehead atoms. The Kier molecular flexibility index (Phi) is 27.4. The molecule has 0 aliphatic rings. The zero-order valence-corrected chi connectivity index (χ0v) is 35.9. The van der Waals surface area contributed by atoms with Gasteiger partial charge in [-0.05, 0) is 44.9 Å². The van der Waals surface area contributed by atoms with Crippen LogP contribution in [0.5, 0.6) is 0 Å². The van der Waals surface area contributed by atoms with E-state index >= 15 is 0 Å². The molecular weight excluding hydrogens is 924 g/mol. The van der Waals surface area contributed by atoms with Gasteiger partial charge in [0.2, 0.25) is 41.4 Å². The van der Waals surface area contributed by atoms with Crippen molar-refractivity contribution in [3.8, 4) is 0 Å². The Morgan fingerprint density at radius 1 is 0.309 bits per heavy atom. The Morgan fingerprint density at radius 3 is 0.838 bits per heavy atom. The molecule has 0 aromatic heterocycles. The lowest BCUT2D eigenvalue weighted by atomic mass is 10.0. The van der Waals surface area contributed by atoms with Crippen molar-refractivity contribution >= 4 is 89.1 Å². The predicted molar refractivity (Wildman–Crippen MR) is 218 cm³/mol. The number of aliphatic carboxylic acids is 8. The first-order valence-corrected chi connectivity index (χ1v) is 20.2. The summed E-state index contributed by atoms with van der Waals surface area (Å²) in [5.74, 6) is -20.8. The van der Waals surface area contributed by atoms with E-state index in [4.69, 9.17) is 21.1 Å². The predicted octanol–water partition coefficient (Wildman–Crippen LogP) is -5.52. The van der Waals surface area contributed by atoms with E-state index < -0.39 is 228 Å². The van der Waals surface area contributed by atoms with Crippen LogP contribution in [0, 0.1) is 0 Å². The third-order valence-corrected chi connectivity index (χ3v) is 9.11. The minimum atomic E-state index is -1.94. The van der Waals surface area contributed by atoms with Crippen LogP contribution in [0.2, 0.25) is 0 Å². The van der Waals surface area contributed by atoms with Crippen LogP contribution in [-0.4, -0.2) is 179 Å². The lowest BCUT2D eigenvalue weighted by Gasteiger charge is -2.26. The van der Waals surface area contributed by atoms with Gasteiger partial charge in [0.05, 0.1) is 12.6 Å². The molecule has 0 rings (SSSR count). The second-order valence-corrected chi connectivity index (χ2v) is 14.6. The maximum absolute atomic E-state index is 13.5. The minimum Gasteiger partial charge on any atom is -0.481 e.